The summed E-state index contributed by atoms with van der Waals surface area (Å²) in [5, 5.41) is 0. The second-order valence-electron chi connectivity index (χ2n) is 4.12. The van der Waals surface area contributed by atoms with E-state index >= 15 is 0 Å². The lowest BCUT2D eigenvalue weighted by molar-refractivity contribution is 1.11. The number of nitrogen functional groups attached to an aromatic ring is 1. The fourth-order valence-electron chi connectivity index (χ4n) is 1.71. The molecule has 0 bridgehead atoms. The van der Waals surface area contributed by atoms with Crippen molar-refractivity contribution in [1.29, 1.82) is 0 Å². The molecule has 0 saturated carbocycles. The van der Waals surface area contributed by atoms with E-state index in [2.05, 4.69) is 44.2 Å². The van der Waals surface area contributed by atoms with Gasteiger partial charge < -0.3 is 5.73 Å². The summed E-state index contributed by atoms with van der Waals surface area (Å²) in [4.78, 5) is 2.54. The number of rotatable bonds is 3. The highest BCUT2D eigenvalue weighted by Gasteiger charge is 2.02. The third-order valence-electron chi connectivity index (χ3n) is 2.76. The standard InChI is InChI=1S/C15H17NS/c1-3-12-4-9-15(11(2)10-12)17-14-7-5-13(16)6-8-14/h4-10H,3,16H2,1-2H3. The Labute approximate surface area is 107 Å². The van der Waals surface area contributed by atoms with Crippen molar-refractivity contribution in [3.63, 3.8) is 0 Å². The summed E-state index contributed by atoms with van der Waals surface area (Å²) in [6.07, 6.45) is 1.09. The van der Waals surface area contributed by atoms with Gasteiger partial charge >= 0.3 is 0 Å². The van der Waals surface area contributed by atoms with Gasteiger partial charge in [0.1, 0.15) is 0 Å². The zero-order valence-corrected chi connectivity index (χ0v) is 11.1. The summed E-state index contributed by atoms with van der Waals surface area (Å²) < 4.78 is 0. The molecule has 0 radical (unpaired) electrons. The monoisotopic (exact) mass is 243 g/mol. The van der Waals surface area contributed by atoms with Crippen LogP contribution in [0.2, 0.25) is 0 Å². The Morgan fingerprint density at radius 1 is 1.06 bits per heavy atom. The molecule has 0 unspecified atom stereocenters. The van der Waals surface area contributed by atoms with Crippen LogP contribution in [-0.2, 0) is 6.42 Å². The van der Waals surface area contributed by atoms with Gasteiger partial charge in [-0.15, -0.1) is 0 Å². The van der Waals surface area contributed by atoms with Crippen molar-refractivity contribution in [2.24, 2.45) is 0 Å². The number of benzene rings is 2. The van der Waals surface area contributed by atoms with Gasteiger partial charge in [0, 0.05) is 15.5 Å². The third-order valence-corrected chi connectivity index (χ3v) is 3.94. The van der Waals surface area contributed by atoms with Crippen LogP contribution in [0.3, 0.4) is 0 Å². The molecule has 0 atom stereocenters. The summed E-state index contributed by atoms with van der Waals surface area (Å²) in [6, 6.07) is 14.7. The van der Waals surface area contributed by atoms with Crippen LogP contribution in [0.25, 0.3) is 0 Å². The summed E-state index contributed by atoms with van der Waals surface area (Å²) in [7, 11) is 0. The first kappa shape index (κ1) is 12.1. The topological polar surface area (TPSA) is 26.0 Å². The maximum Gasteiger partial charge on any atom is 0.0314 e. The number of nitrogens with two attached hydrogens (primary N) is 1. The van der Waals surface area contributed by atoms with E-state index in [9.17, 15) is 0 Å². The van der Waals surface area contributed by atoms with Gasteiger partial charge in [-0.05, 0) is 54.8 Å². The molecule has 2 heteroatoms. The smallest absolute Gasteiger partial charge is 0.0314 e. The average Bonchev–Trinajstić information content (AvgIpc) is 2.34. The lowest BCUT2D eigenvalue weighted by Gasteiger charge is -2.07. The molecular formula is C15H17NS. The Balaban J connectivity index is 2.21. The van der Waals surface area contributed by atoms with E-state index in [1.54, 1.807) is 11.8 Å². The van der Waals surface area contributed by atoms with Crippen molar-refractivity contribution >= 4 is 17.4 Å². The van der Waals surface area contributed by atoms with Crippen LogP contribution in [-0.4, -0.2) is 0 Å². The molecule has 0 aliphatic heterocycles. The van der Waals surface area contributed by atoms with Gasteiger partial charge in [0.05, 0.1) is 0 Å². The molecule has 2 rings (SSSR count). The number of hydrogen-bond acceptors (Lipinski definition) is 2. The van der Waals surface area contributed by atoms with Gasteiger partial charge in [-0.3, -0.25) is 0 Å². The summed E-state index contributed by atoms with van der Waals surface area (Å²) in [5.41, 5.74) is 9.22. The lowest BCUT2D eigenvalue weighted by atomic mass is 10.1. The second kappa shape index (κ2) is 5.28. The predicted octanol–water partition coefficient (Wildman–Crippen LogP) is 4.29. The van der Waals surface area contributed by atoms with E-state index in [4.69, 9.17) is 5.73 Å². The number of aryl methyl sites for hydroxylation is 2. The minimum Gasteiger partial charge on any atom is -0.399 e. The molecule has 0 spiro atoms. The molecule has 0 amide bonds. The van der Waals surface area contributed by atoms with Crippen LogP contribution < -0.4 is 5.73 Å². The minimum atomic E-state index is 0.812. The summed E-state index contributed by atoms with van der Waals surface area (Å²) >= 11 is 1.79. The van der Waals surface area contributed by atoms with Crippen molar-refractivity contribution in [3.8, 4) is 0 Å². The Morgan fingerprint density at radius 2 is 1.76 bits per heavy atom. The van der Waals surface area contributed by atoms with E-state index in [1.807, 2.05) is 12.1 Å². The fourth-order valence-corrected chi connectivity index (χ4v) is 2.59. The first-order chi connectivity index (χ1) is 8.19. The highest BCUT2D eigenvalue weighted by Crippen LogP contribution is 2.31. The van der Waals surface area contributed by atoms with Crippen molar-refractivity contribution in [2.45, 2.75) is 30.1 Å². The molecule has 0 fully saturated rings. The van der Waals surface area contributed by atoms with E-state index in [-0.39, 0.29) is 0 Å². The molecule has 17 heavy (non-hydrogen) atoms. The van der Waals surface area contributed by atoms with Gasteiger partial charge in [0.25, 0.3) is 0 Å². The van der Waals surface area contributed by atoms with Crippen LogP contribution in [0, 0.1) is 6.92 Å². The second-order valence-corrected chi connectivity index (χ2v) is 5.24. The Kier molecular flexibility index (Phi) is 3.75. The maximum absolute atomic E-state index is 5.68. The average molecular weight is 243 g/mol. The summed E-state index contributed by atoms with van der Waals surface area (Å²) in [6.45, 7) is 4.35. The van der Waals surface area contributed by atoms with Crippen LogP contribution >= 0.6 is 11.8 Å². The third kappa shape index (κ3) is 3.04. The van der Waals surface area contributed by atoms with E-state index in [1.165, 1.54) is 20.9 Å². The normalized spacial score (nSPS) is 10.5. The Bertz CT molecular complexity index is 503. The molecule has 2 N–H and O–H groups in total. The fraction of sp³-hybridized carbons (Fsp3) is 0.200. The van der Waals surface area contributed by atoms with Gasteiger partial charge in [-0.1, -0.05) is 30.8 Å². The molecular weight excluding hydrogens is 226 g/mol. The highest BCUT2D eigenvalue weighted by molar-refractivity contribution is 7.99. The summed E-state index contributed by atoms with van der Waals surface area (Å²) in [5.74, 6) is 0. The molecule has 0 heterocycles. The molecule has 0 saturated heterocycles. The first-order valence-electron chi connectivity index (χ1n) is 5.82. The van der Waals surface area contributed by atoms with E-state index in [0.29, 0.717) is 0 Å². The van der Waals surface area contributed by atoms with Gasteiger partial charge in [0.15, 0.2) is 0 Å². The molecule has 0 aliphatic carbocycles. The highest BCUT2D eigenvalue weighted by atomic mass is 32.2. The SMILES string of the molecule is CCc1ccc(Sc2ccc(N)cc2)c(C)c1. The van der Waals surface area contributed by atoms with Crippen molar-refractivity contribution in [3.05, 3.63) is 53.6 Å². The van der Waals surface area contributed by atoms with Crippen molar-refractivity contribution in [2.75, 3.05) is 5.73 Å². The van der Waals surface area contributed by atoms with Gasteiger partial charge in [-0.2, -0.15) is 0 Å². The maximum atomic E-state index is 5.68. The number of hydrogen-bond donors (Lipinski definition) is 1. The van der Waals surface area contributed by atoms with E-state index < -0.39 is 0 Å². The zero-order chi connectivity index (χ0) is 12.3. The van der Waals surface area contributed by atoms with Crippen LogP contribution in [0.15, 0.2) is 52.3 Å². The molecule has 0 aromatic heterocycles. The zero-order valence-electron chi connectivity index (χ0n) is 10.2. The van der Waals surface area contributed by atoms with Gasteiger partial charge in [0.2, 0.25) is 0 Å². The van der Waals surface area contributed by atoms with Crippen LogP contribution in [0.5, 0.6) is 0 Å². The van der Waals surface area contributed by atoms with Crippen molar-refractivity contribution in [1.82, 2.24) is 0 Å². The minimum absolute atomic E-state index is 0.812. The largest absolute Gasteiger partial charge is 0.399 e. The van der Waals surface area contributed by atoms with Crippen molar-refractivity contribution < 1.29 is 0 Å². The van der Waals surface area contributed by atoms with Crippen LogP contribution in [0.1, 0.15) is 18.1 Å². The molecule has 2 aromatic rings. The molecule has 0 aliphatic rings. The van der Waals surface area contributed by atoms with E-state index in [0.717, 1.165) is 12.1 Å². The molecule has 2 aromatic carbocycles. The Morgan fingerprint density at radius 3 is 2.35 bits per heavy atom. The quantitative estimate of drug-likeness (QED) is 0.814. The lowest BCUT2D eigenvalue weighted by Crippen LogP contribution is -1.86. The predicted molar refractivity (Wildman–Crippen MR) is 75.5 cm³/mol. The Hall–Kier alpha value is -1.41. The number of anilines is 1. The first-order valence-corrected chi connectivity index (χ1v) is 6.63. The van der Waals surface area contributed by atoms with Gasteiger partial charge in [-0.25, -0.2) is 0 Å². The molecule has 88 valence electrons. The van der Waals surface area contributed by atoms with Crippen LogP contribution in [0.4, 0.5) is 5.69 Å². The molecule has 1 nitrogen and oxygen atoms in total.